The molecule has 0 fully saturated rings. The van der Waals surface area contributed by atoms with Crippen molar-refractivity contribution in [3.63, 3.8) is 0 Å². The van der Waals surface area contributed by atoms with Crippen molar-refractivity contribution in [2.45, 2.75) is 316 Å². The van der Waals surface area contributed by atoms with E-state index in [0.29, 0.717) is 19.3 Å². The summed E-state index contributed by atoms with van der Waals surface area (Å²) in [7, 11) is 0. The molecular weight excluding hydrogens is 913 g/mol. The molecule has 1 unspecified atom stereocenters. The van der Waals surface area contributed by atoms with Crippen LogP contribution >= 0.6 is 0 Å². The third-order valence-electron chi connectivity index (χ3n) is 13.6. The largest absolute Gasteiger partial charge is 0.462 e. The predicted molar refractivity (Wildman–Crippen MR) is 321 cm³/mol. The molecule has 0 rings (SSSR count). The van der Waals surface area contributed by atoms with E-state index in [1.807, 2.05) is 0 Å². The van der Waals surface area contributed by atoms with Crippen LogP contribution in [0.1, 0.15) is 310 Å². The van der Waals surface area contributed by atoms with Crippen LogP contribution in [0.4, 0.5) is 0 Å². The summed E-state index contributed by atoms with van der Waals surface area (Å²) < 4.78 is 16.9. The summed E-state index contributed by atoms with van der Waals surface area (Å²) >= 11 is 0. The van der Waals surface area contributed by atoms with Crippen molar-refractivity contribution < 1.29 is 28.6 Å². The topological polar surface area (TPSA) is 78.9 Å². The molecule has 0 aliphatic rings. The molecule has 0 aromatic carbocycles. The normalized spacial score (nSPS) is 12.6. The van der Waals surface area contributed by atoms with E-state index >= 15 is 0 Å². The zero-order chi connectivity index (χ0) is 53.6. The molecule has 0 radical (unpaired) electrons. The molecule has 0 bridgehead atoms. The first-order valence-electron chi connectivity index (χ1n) is 31.6. The van der Waals surface area contributed by atoms with Crippen molar-refractivity contribution in [2.24, 2.45) is 0 Å². The van der Waals surface area contributed by atoms with Crippen LogP contribution in [0.3, 0.4) is 0 Å². The van der Waals surface area contributed by atoms with Gasteiger partial charge in [0.05, 0.1) is 0 Å². The van der Waals surface area contributed by atoms with Gasteiger partial charge in [0.25, 0.3) is 0 Å². The first kappa shape index (κ1) is 70.6. The van der Waals surface area contributed by atoms with Gasteiger partial charge in [-0.1, -0.05) is 279 Å². The zero-order valence-electron chi connectivity index (χ0n) is 48.8. The summed E-state index contributed by atoms with van der Waals surface area (Å²) in [5.74, 6) is -0.925. The monoisotopic (exact) mass is 1030 g/mol. The minimum atomic E-state index is -0.799. The van der Waals surface area contributed by atoms with Crippen molar-refractivity contribution in [3.8, 4) is 0 Å². The molecule has 0 aliphatic heterocycles. The molecule has 0 aliphatic carbocycles. The highest BCUT2D eigenvalue weighted by Gasteiger charge is 2.19. The highest BCUT2D eigenvalue weighted by atomic mass is 16.6. The van der Waals surface area contributed by atoms with E-state index in [-0.39, 0.29) is 37.5 Å². The van der Waals surface area contributed by atoms with Gasteiger partial charge in [-0.2, -0.15) is 0 Å². The van der Waals surface area contributed by atoms with Gasteiger partial charge in [-0.15, -0.1) is 0 Å². The molecular formula is C68H118O6. The van der Waals surface area contributed by atoms with E-state index in [2.05, 4.69) is 106 Å². The number of esters is 3. The molecule has 6 nitrogen and oxygen atoms in total. The van der Waals surface area contributed by atoms with Crippen LogP contribution in [0.15, 0.2) is 85.1 Å². The second-order valence-corrected chi connectivity index (χ2v) is 20.9. The first-order valence-corrected chi connectivity index (χ1v) is 31.6. The molecule has 426 valence electrons. The van der Waals surface area contributed by atoms with E-state index in [1.54, 1.807) is 0 Å². The summed E-state index contributed by atoms with van der Waals surface area (Å²) in [4.78, 5) is 38.2. The van der Waals surface area contributed by atoms with Gasteiger partial charge < -0.3 is 14.2 Å². The Bertz CT molecular complexity index is 1420. The lowest BCUT2D eigenvalue weighted by Gasteiger charge is -2.18. The molecule has 0 saturated heterocycles. The van der Waals surface area contributed by atoms with Gasteiger partial charge in [0.1, 0.15) is 13.2 Å². The van der Waals surface area contributed by atoms with Crippen LogP contribution in [0.2, 0.25) is 0 Å². The van der Waals surface area contributed by atoms with Crippen LogP contribution in [-0.2, 0) is 28.6 Å². The van der Waals surface area contributed by atoms with Crippen molar-refractivity contribution in [1.82, 2.24) is 0 Å². The van der Waals surface area contributed by atoms with Crippen molar-refractivity contribution >= 4 is 17.9 Å². The molecule has 0 saturated carbocycles. The fourth-order valence-electron chi connectivity index (χ4n) is 8.91. The Morgan fingerprint density at radius 3 is 0.865 bits per heavy atom. The maximum atomic E-state index is 12.9. The highest BCUT2D eigenvalue weighted by Crippen LogP contribution is 2.16. The van der Waals surface area contributed by atoms with Crippen molar-refractivity contribution in [2.75, 3.05) is 13.2 Å². The highest BCUT2D eigenvalue weighted by molar-refractivity contribution is 5.71. The van der Waals surface area contributed by atoms with Crippen LogP contribution in [-0.4, -0.2) is 37.2 Å². The Morgan fingerprint density at radius 1 is 0.284 bits per heavy atom. The lowest BCUT2D eigenvalue weighted by molar-refractivity contribution is -0.167. The number of unbranched alkanes of at least 4 members (excludes halogenated alkanes) is 32. The number of ether oxygens (including phenoxy) is 3. The maximum Gasteiger partial charge on any atom is 0.306 e. The third kappa shape index (κ3) is 59.5. The van der Waals surface area contributed by atoms with Crippen LogP contribution in [0.5, 0.6) is 0 Å². The molecule has 74 heavy (non-hydrogen) atoms. The molecule has 0 spiro atoms. The minimum Gasteiger partial charge on any atom is -0.462 e. The molecule has 0 heterocycles. The lowest BCUT2D eigenvalue weighted by Crippen LogP contribution is -2.30. The van der Waals surface area contributed by atoms with Crippen molar-refractivity contribution in [1.29, 1.82) is 0 Å². The van der Waals surface area contributed by atoms with E-state index in [0.717, 1.165) is 89.9 Å². The second kappa shape index (κ2) is 62.1. The summed E-state index contributed by atoms with van der Waals surface area (Å²) in [5, 5.41) is 0. The summed E-state index contributed by atoms with van der Waals surface area (Å²) in [6.45, 7) is 6.52. The van der Waals surface area contributed by atoms with Crippen LogP contribution < -0.4 is 0 Å². The number of rotatable bonds is 57. The fraction of sp³-hybridized carbons (Fsp3) is 0.750. The third-order valence-corrected chi connectivity index (χ3v) is 13.6. The number of carbonyl (C=O) groups is 3. The quantitative estimate of drug-likeness (QED) is 0.0261. The Morgan fingerprint density at radius 2 is 0.527 bits per heavy atom. The molecule has 0 aromatic heterocycles. The molecule has 0 aromatic rings. The van der Waals surface area contributed by atoms with Crippen molar-refractivity contribution in [3.05, 3.63) is 85.1 Å². The van der Waals surface area contributed by atoms with Gasteiger partial charge >= 0.3 is 17.9 Å². The molecule has 0 N–H and O–H groups in total. The van der Waals surface area contributed by atoms with Gasteiger partial charge in [0, 0.05) is 19.3 Å². The summed E-state index contributed by atoms with van der Waals surface area (Å²) in [5.41, 5.74) is 0. The Hall–Kier alpha value is -3.41. The fourth-order valence-corrected chi connectivity index (χ4v) is 8.91. The number of carbonyl (C=O) groups excluding carboxylic acids is 3. The maximum absolute atomic E-state index is 12.9. The van der Waals surface area contributed by atoms with Gasteiger partial charge in [0.2, 0.25) is 0 Å². The zero-order valence-corrected chi connectivity index (χ0v) is 48.8. The van der Waals surface area contributed by atoms with E-state index in [9.17, 15) is 14.4 Å². The van der Waals surface area contributed by atoms with Gasteiger partial charge in [-0.05, 0) is 96.3 Å². The summed E-state index contributed by atoms with van der Waals surface area (Å²) in [6, 6.07) is 0. The van der Waals surface area contributed by atoms with Crippen LogP contribution in [0.25, 0.3) is 0 Å². The van der Waals surface area contributed by atoms with Gasteiger partial charge in [-0.25, -0.2) is 0 Å². The van der Waals surface area contributed by atoms with Gasteiger partial charge in [0.15, 0.2) is 6.10 Å². The first-order chi connectivity index (χ1) is 36.5. The molecule has 6 heteroatoms. The van der Waals surface area contributed by atoms with Crippen LogP contribution in [0, 0.1) is 0 Å². The minimum absolute atomic E-state index is 0.0918. The van der Waals surface area contributed by atoms with E-state index < -0.39 is 6.10 Å². The Balaban J connectivity index is 4.37. The second-order valence-electron chi connectivity index (χ2n) is 20.9. The Kier molecular flexibility index (Phi) is 59.3. The average molecular weight is 1030 g/mol. The van der Waals surface area contributed by atoms with Gasteiger partial charge in [-0.3, -0.25) is 14.4 Å². The SMILES string of the molecule is CC/C=C\C/C=C\C/C=C\C/C=C\C/C=C\C/C=C\CCCCC(=O)OC(COC(=O)CCCCCCCCCCCCCC)COC(=O)CCCCCCCCCCCCC/C=C\CCCCCCCCCC. The lowest BCUT2D eigenvalue weighted by atomic mass is 10.0. The molecule has 0 amide bonds. The number of allylic oxidation sites excluding steroid dienone is 14. The van der Waals surface area contributed by atoms with E-state index in [1.165, 1.54) is 173 Å². The number of hydrogen-bond donors (Lipinski definition) is 0. The van der Waals surface area contributed by atoms with E-state index in [4.69, 9.17) is 14.2 Å². The smallest absolute Gasteiger partial charge is 0.306 e. The standard InChI is InChI=1S/C68H118O6/c1-4-7-10-13-16-19-22-25-27-29-31-33-34-36-37-39-41-43-46-49-52-55-58-61-67(70)73-64-65(63-72-66(69)60-57-54-51-48-45-24-21-18-15-12-9-6-3)74-68(71)62-59-56-53-50-47-44-42-40-38-35-32-30-28-26-23-20-17-14-11-8-5-2/h8,11,17,20,26,28-29,31-32,35,40,42,47,50,65H,4-7,9-10,12-16,18-19,21-25,27,30,33-34,36-39,41,43-46,48-49,51-64H2,1-3H3/b11-8-,20-17-,28-26-,31-29-,35-32-,42-40-,50-47-. The predicted octanol–water partition coefficient (Wildman–Crippen LogP) is 21.5. The Labute approximate surface area is 458 Å². The molecule has 1 atom stereocenters. The number of hydrogen-bond acceptors (Lipinski definition) is 6. The summed E-state index contributed by atoms with van der Waals surface area (Å²) in [6.07, 6.45) is 81.6. The average Bonchev–Trinajstić information content (AvgIpc) is 3.40.